The molecule has 1 fully saturated rings. The minimum atomic E-state index is -4.57. The zero-order valence-electron chi connectivity index (χ0n) is 16.5. The fourth-order valence-corrected chi connectivity index (χ4v) is 6.13. The fourth-order valence-electron chi connectivity index (χ4n) is 3.63. The van der Waals surface area contributed by atoms with Crippen LogP contribution in [-0.4, -0.2) is 26.8 Å². The molecule has 0 bridgehead atoms. The normalized spacial score (nSPS) is 23.0. The van der Waals surface area contributed by atoms with Gasteiger partial charge in [-0.15, -0.1) is 0 Å². The molecular formula is C19H29F3O3SSi. The Labute approximate surface area is 161 Å². The van der Waals surface area contributed by atoms with Gasteiger partial charge in [0.05, 0.1) is 15.7 Å². The van der Waals surface area contributed by atoms with Gasteiger partial charge in [0.15, 0.2) is 18.2 Å². The van der Waals surface area contributed by atoms with Crippen LogP contribution < -0.4 is 0 Å². The minimum Gasteiger partial charge on any atom is -0.432 e. The van der Waals surface area contributed by atoms with Crippen molar-refractivity contribution in [3.8, 4) is 0 Å². The van der Waals surface area contributed by atoms with Crippen molar-refractivity contribution in [2.45, 2.75) is 74.5 Å². The molecule has 1 aromatic carbocycles. The predicted molar refractivity (Wildman–Crippen MR) is 103 cm³/mol. The molecule has 27 heavy (non-hydrogen) atoms. The molecule has 1 saturated carbocycles. The van der Waals surface area contributed by atoms with Crippen LogP contribution in [-0.2, 0) is 16.0 Å². The van der Waals surface area contributed by atoms with E-state index in [0.717, 1.165) is 37.5 Å². The number of rotatable bonds is 6. The summed E-state index contributed by atoms with van der Waals surface area (Å²) in [4.78, 5) is 10.1. The second-order valence-corrected chi connectivity index (χ2v) is 15.8. The van der Waals surface area contributed by atoms with Gasteiger partial charge in [-0.05, 0) is 74.4 Å². The molecule has 0 heterocycles. The summed E-state index contributed by atoms with van der Waals surface area (Å²) in [5.74, 6) is 0.289. The second-order valence-electron chi connectivity index (χ2n) is 9.02. The molecule has 0 amide bonds. The smallest absolute Gasteiger partial charge is 0.416 e. The predicted octanol–water partition coefficient (Wildman–Crippen LogP) is 5.26. The Balaban J connectivity index is 2.08. The lowest BCUT2D eigenvalue weighted by Gasteiger charge is -2.45. The van der Waals surface area contributed by atoms with Crippen LogP contribution >= 0.6 is 0 Å². The summed E-state index contributed by atoms with van der Waals surface area (Å²) in [6, 6.07) is 3.99. The van der Waals surface area contributed by atoms with Crippen molar-refractivity contribution in [2.75, 3.05) is 0 Å². The van der Waals surface area contributed by atoms with E-state index in [4.69, 9.17) is 0 Å². The molecule has 3 nitrogen and oxygen atoms in total. The second kappa shape index (κ2) is 7.19. The highest BCUT2D eigenvalue weighted by Crippen LogP contribution is 2.50. The molecule has 0 radical (unpaired) electrons. The first-order valence-corrected chi connectivity index (χ1v) is 13.7. The van der Waals surface area contributed by atoms with E-state index in [1.54, 1.807) is 6.92 Å². The summed E-state index contributed by atoms with van der Waals surface area (Å²) in [6.07, 6.45) is -2.26. The number of sulfone groups is 1. The van der Waals surface area contributed by atoms with Crippen molar-refractivity contribution in [1.29, 1.82) is 0 Å². The van der Waals surface area contributed by atoms with E-state index in [1.807, 2.05) is 13.1 Å². The van der Waals surface area contributed by atoms with Gasteiger partial charge in [0.25, 0.3) is 0 Å². The minimum absolute atomic E-state index is 0.0613. The van der Waals surface area contributed by atoms with Gasteiger partial charge in [-0.1, -0.05) is 19.9 Å². The van der Waals surface area contributed by atoms with Crippen LogP contribution in [0.1, 0.15) is 45.6 Å². The van der Waals surface area contributed by atoms with E-state index in [0.29, 0.717) is 5.92 Å². The Kier molecular flexibility index (Phi) is 5.97. The Hall–Kier alpha value is -0.863. The molecule has 1 aliphatic carbocycles. The van der Waals surface area contributed by atoms with Crippen molar-refractivity contribution >= 4 is 18.2 Å². The van der Waals surface area contributed by atoms with E-state index in [1.165, 1.54) is 6.07 Å². The van der Waals surface area contributed by atoms with Gasteiger partial charge in [-0.25, -0.2) is 8.42 Å². The monoisotopic (exact) mass is 422 g/mol. The topological polar surface area (TPSA) is 54.4 Å². The van der Waals surface area contributed by atoms with Crippen molar-refractivity contribution in [3.63, 3.8) is 0 Å². The molecule has 0 aromatic heterocycles. The van der Waals surface area contributed by atoms with Crippen LogP contribution in [0.15, 0.2) is 29.2 Å². The van der Waals surface area contributed by atoms with Gasteiger partial charge in [-0.2, -0.15) is 13.2 Å². The van der Waals surface area contributed by atoms with E-state index < -0.39 is 35.1 Å². The molecule has 1 unspecified atom stereocenters. The van der Waals surface area contributed by atoms with Crippen molar-refractivity contribution in [2.24, 2.45) is 11.8 Å². The van der Waals surface area contributed by atoms with Gasteiger partial charge < -0.3 is 4.80 Å². The van der Waals surface area contributed by atoms with Crippen molar-refractivity contribution in [1.82, 2.24) is 0 Å². The Morgan fingerprint density at radius 3 is 2.26 bits per heavy atom. The molecule has 0 spiro atoms. The van der Waals surface area contributed by atoms with Gasteiger partial charge in [-0.3, -0.25) is 0 Å². The molecule has 8 heteroatoms. The Bertz CT molecular complexity index is 776. The van der Waals surface area contributed by atoms with Crippen LogP contribution in [0.25, 0.3) is 0 Å². The third kappa shape index (κ3) is 4.77. The lowest BCUT2D eigenvalue weighted by atomic mass is 9.70. The van der Waals surface area contributed by atoms with Crippen LogP contribution in [0.3, 0.4) is 0 Å². The summed E-state index contributed by atoms with van der Waals surface area (Å²) in [5, 5.41) is -0.883. The average Bonchev–Trinajstić information content (AvgIpc) is 2.48. The molecule has 0 aliphatic heterocycles. The van der Waals surface area contributed by atoms with Crippen molar-refractivity contribution < 1.29 is 26.4 Å². The third-order valence-electron chi connectivity index (χ3n) is 6.37. The lowest BCUT2D eigenvalue weighted by Crippen LogP contribution is -2.43. The quantitative estimate of drug-likeness (QED) is 0.636. The summed E-state index contributed by atoms with van der Waals surface area (Å²) in [6.45, 7) is 9.50. The molecule has 1 N–H and O–H groups in total. The van der Waals surface area contributed by atoms with Crippen molar-refractivity contribution in [3.05, 3.63) is 29.8 Å². The summed E-state index contributed by atoms with van der Waals surface area (Å²) in [5.41, 5.74) is -0.945. The first-order chi connectivity index (χ1) is 12.1. The van der Waals surface area contributed by atoms with E-state index in [-0.39, 0.29) is 15.9 Å². The summed E-state index contributed by atoms with van der Waals surface area (Å²) in [7, 11) is -6.14. The Morgan fingerprint density at radius 2 is 1.78 bits per heavy atom. The SMILES string of the molecule is CC(C1CC(CC(C)(C)[Si](C)(C)O)C1)S(=O)(=O)c1cccc(C(F)(F)F)c1. The van der Waals surface area contributed by atoms with Crippen LogP contribution in [0.4, 0.5) is 13.2 Å². The number of benzene rings is 1. The molecule has 0 saturated heterocycles. The van der Waals surface area contributed by atoms with Crippen LogP contribution in [0, 0.1) is 11.8 Å². The maximum atomic E-state index is 12.9. The zero-order valence-corrected chi connectivity index (χ0v) is 18.3. The molecule has 1 atom stereocenters. The van der Waals surface area contributed by atoms with E-state index >= 15 is 0 Å². The number of hydrogen-bond donors (Lipinski definition) is 1. The number of hydrogen-bond acceptors (Lipinski definition) is 3. The largest absolute Gasteiger partial charge is 0.432 e. The lowest BCUT2D eigenvalue weighted by molar-refractivity contribution is -0.137. The highest BCUT2D eigenvalue weighted by Gasteiger charge is 2.45. The van der Waals surface area contributed by atoms with Gasteiger partial charge in [0.1, 0.15) is 0 Å². The first kappa shape index (κ1) is 22.4. The van der Waals surface area contributed by atoms with Gasteiger partial charge in [0, 0.05) is 0 Å². The first-order valence-electron chi connectivity index (χ1n) is 9.19. The highest BCUT2D eigenvalue weighted by atomic mass is 32.2. The third-order valence-corrected chi connectivity index (χ3v) is 12.2. The van der Waals surface area contributed by atoms with E-state index in [9.17, 15) is 26.4 Å². The Morgan fingerprint density at radius 1 is 1.22 bits per heavy atom. The van der Waals surface area contributed by atoms with Crippen LogP contribution in [0.2, 0.25) is 18.1 Å². The molecule has 1 aliphatic rings. The molecule has 2 rings (SSSR count). The standard InChI is InChI=1S/C19H29F3O3SSi/c1-13(15-9-14(10-15)12-18(2,3)27(4,5)25)26(23,24)17-8-6-7-16(11-17)19(20,21)22/h6-8,11,13-15,25H,9-10,12H2,1-5H3. The van der Waals surface area contributed by atoms with Gasteiger partial charge in [0.2, 0.25) is 0 Å². The maximum absolute atomic E-state index is 12.9. The van der Waals surface area contributed by atoms with Gasteiger partial charge >= 0.3 is 6.18 Å². The zero-order chi connectivity index (χ0) is 20.8. The fraction of sp³-hybridized carbons (Fsp3) is 0.684. The molecule has 154 valence electrons. The molecular weight excluding hydrogens is 393 g/mol. The van der Waals surface area contributed by atoms with Crippen LogP contribution in [0.5, 0.6) is 0 Å². The highest BCUT2D eigenvalue weighted by molar-refractivity contribution is 7.92. The number of alkyl halides is 3. The summed E-state index contributed by atoms with van der Waals surface area (Å²) >= 11 is 0. The maximum Gasteiger partial charge on any atom is 0.416 e. The summed E-state index contributed by atoms with van der Waals surface area (Å²) < 4.78 is 64.3. The van der Waals surface area contributed by atoms with E-state index in [2.05, 4.69) is 13.8 Å². The molecule has 1 aromatic rings. The average molecular weight is 423 g/mol. The number of halogens is 3.